The second-order valence-corrected chi connectivity index (χ2v) is 17.7. The molecule has 2 aromatic heterocycles. The zero-order chi connectivity index (χ0) is 31.3. The topological polar surface area (TPSA) is 26.7 Å². The summed E-state index contributed by atoms with van der Waals surface area (Å²) in [6.07, 6.45) is 0. The fourth-order valence-corrected chi connectivity index (χ4v) is 13.2. The Morgan fingerprint density at radius 3 is 1.23 bits per heavy atom. The molecule has 9 aromatic rings. The van der Waals surface area contributed by atoms with Gasteiger partial charge in [-0.2, -0.15) is 0 Å². The summed E-state index contributed by atoms with van der Waals surface area (Å²) in [6, 6.07) is 58.2. The Morgan fingerprint density at radius 1 is 0.362 bits per heavy atom. The van der Waals surface area contributed by atoms with E-state index in [4.69, 9.17) is 0 Å². The molecule has 0 fully saturated rings. The van der Waals surface area contributed by atoms with E-state index in [9.17, 15) is 5.11 Å². The fraction of sp³-hybridized carbons (Fsp3) is 0. The van der Waals surface area contributed by atoms with Gasteiger partial charge in [-0.3, -0.25) is 0 Å². The van der Waals surface area contributed by atoms with E-state index in [0.29, 0.717) is 0 Å². The Labute approximate surface area is 292 Å². The molecule has 0 unspecified atom stereocenters. The van der Waals surface area contributed by atoms with Crippen LogP contribution in [0.25, 0.3) is 35.2 Å². The molecule has 9 rings (SSSR count). The van der Waals surface area contributed by atoms with Crippen LogP contribution in [-0.4, -0.2) is 46.0 Å². The van der Waals surface area contributed by atoms with Gasteiger partial charge < -0.3 is 0 Å². The van der Waals surface area contributed by atoms with Gasteiger partial charge in [0.2, 0.25) is 0 Å². The summed E-state index contributed by atoms with van der Waals surface area (Å²) >= 11 is -0.973. The van der Waals surface area contributed by atoms with Crippen LogP contribution in [0.2, 0.25) is 0 Å². The molecule has 0 saturated carbocycles. The van der Waals surface area contributed by atoms with E-state index >= 15 is 0 Å². The van der Waals surface area contributed by atoms with Crippen molar-refractivity contribution < 1.29 is 5.11 Å². The summed E-state index contributed by atoms with van der Waals surface area (Å²) in [5.74, 6) is 0.225. The zero-order valence-corrected chi connectivity index (χ0v) is 29.9. The van der Waals surface area contributed by atoms with Crippen molar-refractivity contribution in [3.63, 3.8) is 0 Å². The molecule has 0 amide bonds. The third-order valence-electron chi connectivity index (χ3n) is 8.68. The Morgan fingerprint density at radius 2 is 0.766 bits per heavy atom. The maximum absolute atomic E-state index is 11.5. The molecule has 2 heterocycles. The van der Waals surface area contributed by atoms with Crippen molar-refractivity contribution in [1.82, 2.24) is 0 Å². The normalized spacial score (nSPS) is 11.5. The first-order valence-corrected chi connectivity index (χ1v) is 20.2. The molecule has 1 N–H and O–H groups in total. The van der Waals surface area contributed by atoms with Crippen molar-refractivity contribution in [2.45, 2.75) is 0 Å². The first-order chi connectivity index (χ1) is 23.2. The maximum atomic E-state index is 11.5. The molecule has 0 aliphatic carbocycles. The van der Waals surface area contributed by atoms with Gasteiger partial charge in [0.05, 0.1) is 0 Å². The molecule has 0 aliphatic heterocycles. The third-order valence-corrected chi connectivity index (χ3v) is 15.2. The average Bonchev–Trinajstić information content (AvgIpc) is 3.69. The van der Waals surface area contributed by atoms with E-state index in [2.05, 4.69) is 161 Å². The first-order valence-electron chi connectivity index (χ1n) is 15.6. The Kier molecular flexibility index (Phi) is 7.30. The number of nitrogens with zero attached hydrogens (tertiary/aromatic N) is 2. The summed E-state index contributed by atoms with van der Waals surface area (Å²) in [5, 5.41) is 16.8. The number of hydrogen-bond acceptors (Lipinski definition) is 3. The third kappa shape index (κ3) is 5.03. The summed E-state index contributed by atoms with van der Waals surface area (Å²) in [6.45, 7) is 0. The predicted octanol–water partition coefficient (Wildman–Crippen LogP) is 11.1. The van der Waals surface area contributed by atoms with Crippen molar-refractivity contribution in [1.29, 1.82) is 0 Å². The molecular weight excluding hydrogens is 804 g/mol. The molecule has 0 aliphatic rings. The Bertz CT molecular complexity index is 2380. The minimum atomic E-state index is -0.486. The average molecular weight is 832 g/mol. The standard InChI is InChI=1S/C42H28N2OTe2/c45-32-26-30(43(28-13-3-1-4-14-28)35-19-11-23-39-41(35)33-17-7-9-21-37(33)46-39)25-31(27-32)44(29-15-5-2-6-16-29)36-20-12-24-40-42(36)34-18-8-10-22-38(34)47-40/h1-27,45H. The number of anilines is 6. The Hall–Kier alpha value is -4.48. The van der Waals surface area contributed by atoms with Crippen LogP contribution in [0.1, 0.15) is 0 Å². The number of aromatic hydroxyl groups is 1. The predicted molar refractivity (Wildman–Crippen MR) is 201 cm³/mol. The Balaban J connectivity index is 1.31. The summed E-state index contributed by atoms with van der Waals surface area (Å²) in [7, 11) is 0. The number of hydrogen-bond donors (Lipinski definition) is 1. The van der Waals surface area contributed by atoms with Crippen LogP contribution in [0.5, 0.6) is 5.75 Å². The van der Waals surface area contributed by atoms with E-state index in [1.54, 1.807) is 0 Å². The monoisotopic (exact) mass is 836 g/mol. The number of fused-ring (bicyclic) bond motifs is 6. The molecule has 0 atom stereocenters. The van der Waals surface area contributed by atoms with Gasteiger partial charge in [-0.25, -0.2) is 0 Å². The molecule has 224 valence electrons. The zero-order valence-electron chi connectivity index (χ0n) is 25.2. The SMILES string of the molecule is Oc1cc(N(c2ccccc2)c2cccc3[te]c4ccccc4c23)cc(N(c2ccccc2)c2cccc3[te]c4ccccc4c23)c1. The first kappa shape index (κ1) is 28.7. The van der Waals surface area contributed by atoms with E-state index in [-0.39, 0.29) is 5.75 Å². The minimum absolute atomic E-state index is 0.225. The number of phenolic OH excluding ortho intramolecular Hbond substituents is 1. The van der Waals surface area contributed by atoms with Crippen molar-refractivity contribution in [3.05, 3.63) is 164 Å². The molecule has 47 heavy (non-hydrogen) atoms. The molecular formula is C42H28N2OTe2. The number of phenols is 1. The van der Waals surface area contributed by atoms with Gasteiger partial charge in [0, 0.05) is 0 Å². The van der Waals surface area contributed by atoms with Gasteiger partial charge in [0.15, 0.2) is 0 Å². The number of rotatable bonds is 6. The molecule has 5 heteroatoms. The quantitative estimate of drug-likeness (QED) is 0.169. The number of para-hydroxylation sites is 2. The van der Waals surface area contributed by atoms with Gasteiger partial charge in [-0.1, -0.05) is 0 Å². The van der Waals surface area contributed by atoms with Crippen LogP contribution in [-0.2, 0) is 0 Å². The van der Waals surface area contributed by atoms with Crippen LogP contribution < -0.4 is 9.80 Å². The molecule has 7 aromatic carbocycles. The fourth-order valence-electron chi connectivity index (χ4n) is 6.73. The van der Waals surface area contributed by atoms with E-state index in [1.165, 1.54) is 35.2 Å². The van der Waals surface area contributed by atoms with Gasteiger partial charge in [-0.15, -0.1) is 0 Å². The molecule has 0 bridgehead atoms. The van der Waals surface area contributed by atoms with E-state index < -0.39 is 40.9 Å². The van der Waals surface area contributed by atoms with Crippen LogP contribution in [0, 0.1) is 0 Å². The van der Waals surface area contributed by atoms with Crippen molar-refractivity contribution in [2.75, 3.05) is 9.80 Å². The van der Waals surface area contributed by atoms with Gasteiger partial charge in [0.1, 0.15) is 0 Å². The number of benzene rings is 7. The van der Waals surface area contributed by atoms with Crippen LogP contribution >= 0.6 is 0 Å². The van der Waals surface area contributed by atoms with Crippen LogP contribution in [0.3, 0.4) is 0 Å². The van der Waals surface area contributed by atoms with E-state index in [1.807, 2.05) is 12.1 Å². The summed E-state index contributed by atoms with van der Waals surface area (Å²) < 4.78 is 5.84. The van der Waals surface area contributed by atoms with Gasteiger partial charge in [-0.05, 0) is 0 Å². The van der Waals surface area contributed by atoms with Crippen LogP contribution in [0.4, 0.5) is 34.1 Å². The van der Waals surface area contributed by atoms with Gasteiger partial charge in [0.25, 0.3) is 0 Å². The van der Waals surface area contributed by atoms with Crippen molar-refractivity contribution in [3.8, 4) is 5.75 Å². The van der Waals surface area contributed by atoms with Gasteiger partial charge >= 0.3 is 295 Å². The van der Waals surface area contributed by atoms with Crippen molar-refractivity contribution >= 4 is 110 Å². The molecule has 0 spiro atoms. The van der Waals surface area contributed by atoms with Crippen LogP contribution in [0.15, 0.2) is 164 Å². The second kappa shape index (κ2) is 12.0. The molecule has 0 radical (unpaired) electrons. The van der Waals surface area contributed by atoms with E-state index in [0.717, 1.165) is 34.1 Å². The molecule has 3 nitrogen and oxygen atoms in total. The summed E-state index contributed by atoms with van der Waals surface area (Å²) in [5.41, 5.74) is 6.18. The molecule has 0 saturated heterocycles. The second-order valence-electron chi connectivity index (χ2n) is 11.5. The van der Waals surface area contributed by atoms with Crippen molar-refractivity contribution in [2.24, 2.45) is 0 Å². The summed E-state index contributed by atoms with van der Waals surface area (Å²) in [4.78, 5) is 4.63.